The lowest BCUT2D eigenvalue weighted by atomic mass is 9.97. The molecule has 186 valence electrons. The van der Waals surface area contributed by atoms with Crippen molar-refractivity contribution in [1.82, 2.24) is 24.3 Å². The van der Waals surface area contributed by atoms with Crippen molar-refractivity contribution in [3.8, 4) is 11.3 Å². The summed E-state index contributed by atoms with van der Waals surface area (Å²) in [6.45, 7) is 9.63. The number of nitrogens with one attached hydrogen (secondary N) is 1. The second-order valence-corrected chi connectivity index (χ2v) is 9.58. The number of rotatable bonds is 6. The third-order valence-electron chi connectivity index (χ3n) is 5.72. The molecular formula is C25H32N6O4. The number of imidazole rings is 1. The van der Waals surface area contributed by atoms with Crippen molar-refractivity contribution >= 4 is 23.5 Å². The quantitative estimate of drug-likeness (QED) is 0.527. The fraction of sp³-hybridized carbons (Fsp3) is 0.480. The molecule has 4 heterocycles. The molecule has 3 aromatic rings. The molecule has 3 aromatic heterocycles. The maximum Gasteiger partial charge on any atom is 0.410 e. The van der Waals surface area contributed by atoms with E-state index in [1.807, 2.05) is 39.1 Å². The maximum atomic E-state index is 12.3. The van der Waals surface area contributed by atoms with E-state index in [0.717, 1.165) is 24.1 Å². The van der Waals surface area contributed by atoms with Gasteiger partial charge < -0.3 is 24.1 Å². The van der Waals surface area contributed by atoms with Crippen molar-refractivity contribution in [2.24, 2.45) is 5.92 Å². The Morgan fingerprint density at radius 2 is 1.83 bits per heavy atom. The van der Waals surface area contributed by atoms with Crippen LogP contribution >= 0.6 is 0 Å². The molecule has 1 aliphatic heterocycles. The highest BCUT2D eigenvalue weighted by atomic mass is 16.6. The van der Waals surface area contributed by atoms with Crippen molar-refractivity contribution in [1.29, 1.82) is 0 Å². The SMILES string of the molecule is CCOC(=O)c1cn2cc(-c3ccncc3)nc(NCC3CCN(C(=O)OC(C)(C)C)CC3)c2n1. The zero-order chi connectivity index (χ0) is 25.0. The number of likely N-dealkylation sites (tertiary alicyclic amines) is 1. The number of hydrogen-bond acceptors (Lipinski definition) is 8. The number of piperidine rings is 1. The van der Waals surface area contributed by atoms with Crippen molar-refractivity contribution in [3.63, 3.8) is 0 Å². The molecule has 10 nitrogen and oxygen atoms in total. The number of anilines is 1. The fourth-order valence-electron chi connectivity index (χ4n) is 3.97. The van der Waals surface area contributed by atoms with E-state index < -0.39 is 11.6 Å². The summed E-state index contributed by atoms with van der Waals surface area (Å²) in [7, 11) is 0. The highest BCUT2D eigenvalue weighted by molar-refractivity contribution is 5.89. The van der Waals surface area contributed by atoms with Gasteiger partial charge in [0.05, 0.1) is 12.3 Å². The average molecular weight is 481 g/mol. The van der Waals surface area contributed by atoms with Gasteiger partial charge in [-0.1, -0.05) is 0 Å². The van der Waals surface area contributed by atoms with E-state index in [9.17, 15) is 9.59 Å². The number of hydrogen-bond donors (Lipinski definition) is 1. The second-order valence-electron chi connectivity index (χ2n) is 9.58. The molecule has 1 amide bonds. The van der Waals surface area contributed by atoms with Crippen LogP contribution in [0.25, 0.3) is 16.9 Å². The number of esters is 1. The zero-order valence-electron chi connectivity index (χ0n) is 20.7. The molecule has 0 radical (unpaired) electrons. The molecule has 0 saturated carbocycles. The summed E-state index contributed by atoms with van der Waals surface area (Å²) in [5, 5.41) is 3.44. The predicted octanol–water partition coefficient (Wildman–Crippen LogP) is 4.03. The van der Waals surface area contributed by atoms with Gasteiger partial charge in [-0.3, -0.25) is 4.98 Å². The first-order valence-corrected chi connectivity index (χ1v) is 11.9. The number of ether oxygens (including phenoxy) is 2. The highest BCUT2D eigenvalue weighted by Gasteiger charge is 2.27. The van der Waals surface area contributed by atoms with Crippen molar-refractivity contribution in [3.05, 3.63) is 42.6 Å². The van der Waals surface area contributed by atoms with Crippen LogP contribution in [0.15, 0.2) is 36.9 Å². The van der Waals surface area contributed by atoms with E-state index in [1.165, 1.54) is 0 Å². The zero-order valence-corrected chi connectivity index (χ0v) is 20.7. The van der Waals surface area contributed by atoms with E-state index >= 15 is 0 Å². The number of aromatic nitrogens is 4. The van der Waals surface area contributed by atoms with E-state index in [-0.39, 0.29) is 18.4 Å². The summed E-state index contributed by atoms with van der Waals surface area (Å²) < 4.78 is 12.4. The minimum absolute atomic E-state index is 0.231. The summed E-state index contributed by atoms with van der Waals surface area (Å²) >= 11 is 0. The van der Waals surface area contributed by atoms with Crippen LogP contribution in [-0.2, 0) is 9.47 Å². The summed E-state index contributed by atoms with van der Waals surface area (Å²) in [5.74, 6) is 0.478. The molecule has 4 rings (SSSR count). The number of amides is 1. The van der Waals surface area contributed by atoms with Crippen molar-refractivity contribution < 1.29 is 19.1 Å². The average Bonchev–Trinajstić information content (AvgIpc) is 3.27. The number of carbonyl (C=O) groups is 2. The summed E-state index contributed by atoms with van der Waals surface area (Å²) in [5.41, 5.74) is 1.92. The monoisotopic (exact) mass is 480 g/mol. The molecule has 0 spiro atoms. The van der Waals surface area contributed by atoms with Crippen LogP contribution in [0.4, 0.5) is 10.6 Å². The van der Waals surface area contributed by atoms with Gasteiger partial charge in [0.1, 0.15) is 5.60 Å². The van der Waals surface area contributed by atoms with E-state index in [1.54, 1.807) is 34.8 Å². The Balaban J connectivity index is 1.50. The van der Waals surface area contributed by atoms with Gasteiger partial charge in [0.25, 0.3) is 0 Å². The van der Waals surface area contributed by atoms with E-state index in [2.05, 4.69) is 15.3 Å². The van der Waals surface area contributed by atoms with Gasteiger partial charge in [-0.05, 0) is 58.6 Å². The number of carbonyl (C=O) groups excluding carboxylic acids is 2. The van der Waals surface area contributed by atoms with Crippen LogP contribution < -0.4 is 5.32 Å². The minimum atomic E-state index is -0.501. The fourth-order valence-corrected chi connectivity index (χ4v) is 3.97. The molecule has 1 saturated heterocycles. The molecule has 35 heavy (non-hydrogen) atoms. The summed E-state index contributed by atoms with van der Waals surface area (Å²) in [6.07, 6.45) is 8.37. The lowest BCUT2D eigenvalue weighted by Crippen LogP contribution is -2.42. The van der Waals surface area contributed by atoms with Gasteiger partial charge in [-0.2, -0.15) is 0 Å². The number of nitrogens with zero attached hydrogens (tertiary/aromatic N) is 5. The van der Waals surface area contributed by atoms with Crippen LogP contribution in [0.5, 0.6) is 0 Å². The van der Waals surface area contributed by atoms with Gasteiger partial charge in [-0.15, -0.1) is 0 Å². The third-order valence-corrected chi connectivity index (χ3v) is 5.72. The van der Waals surface area contributed by atoms with Crippen LogP contribution in [0, 0.1) is 5.92 Å². The van der Waals surface area contributed by atoms with Crippen LogP contribution in [-0.4, -0.2) is 68.2 Å². The topological polar surface area (TPSA) is 111 Å². The molecule has 1 N–H and O–H groups in total. The molecule has 0 unspecified atom stereocenters. The summed E-state index contributed by atoms with van der Waals surface area (Å²) in [6, 6.07) is 3.76. The Morgan fingerprint density at radius 1 is 1.11 bits per heavy atom. The maximum absolute atomic E-state index is 12.3. The lowest BCUT2D eigenvalue weighted by Gasteiger charge is -2.33. The first kappa shape index (κ1) is 24.4. The molecule has 10 heteroatoms. The van der Waals surface area contributed by atoms with Gasteiger partial charge in [0.2, 0.25) is 0 Å². The van der Waals surface area contributed by atoms with Crippen LogP contribution in [0.1, 0.15) is 51.0 Å². The Morgan fingerprint density at radius 3 is 2.49 bits per heavy atom. The van der Waals surface area contributed by atoms with Crippen molar-refractivity contribution in [2.45, 2.75) is 46.1 Å². The predicted molar refractivity (Wildman–Crippen MR) is 131 cm³/mol. The van der Waals surface area contributed by atoms with Crippen LogP contribution in [0.2, 0.25) is 0 Å². The minimum Gasteiger partial charge on any atom is -0.461 e. The van der Waals surface area contributed by atoms with Crippen molar-refractivity contribution in [2.75, 3.05) is 31.6 Å². The molecule has 0 bridgehead atoms. The first-order chi connectivity index (χ1) is 16.7. The Bertz CT molecular complexity index is 1180. The largest absolute Gasteiger partial charge is 0.461 e. The lowest BCUT2D eigenvalue weighted by molar-refractivity contribution is 0.0188. The Hall–Kier alpha value is -3.69. The molecule has 0 aliphatic carbocycles. The van der Waals surface area contributed by atoms with E-state index in [0.29, 0.717) is 37.0 Å². The molecule has 0 atom stereocenters. The molecular weight excluding hydrogens is 448 g/mol. The number of fused-ring (bicyclic) bond motifs is 1. The second kappa shape index (κ2) is 10.3. The Labute approximate surface area is 204 Å². The standard InChI is InChI=1S/C25H32N6O4/c1-5-34-23(32)20-16-31-15-19(18-6-10-26-11-7-18)28-21(22(31)29-20)27-14-17-8-12-30(13-9-17)24(33)35-25(2,3)4/h6-7,10-11,15-17H,5,8-9,12-14H2,1-4H3,(H,27,28). The normalized spacial score (nSPS) is 14.7. The van der Waals surface area contributed by atoms with Gasteiger partial charge in [0, 0.05) is 50.0 Å². The molecule has 1 aliphatic rings. The van der Waals surface area contributed by atoms with Gasteiger partial charge in [0.15, 0.2) is 17.2 Å². The van der Waals surface area contributed by atoms with E-state index in [4.69, 9.17) is 14.5 Å². The Kier molecular flexibility index (Phi) is 7.18. The van der Waals surface area contributed by atoms with Crippen LogP contribution in [0.3, 0.4) is 0 Å². The van der Waals surface area contributed by atoms with Gasteiger partial charge in [-0.25, -0.2) is 19.6 Å². The number of pyridine rings is 1. The molecule has 0 aromatic carbocycles. The molecule has 1 fully saturated rings. The first-order valence-electron chi connectivity index (χ1n) is 11.9. The van der Waals surface area contributed by atoms with Gasteiger partial charge >= 0.3 is 12.1 Å². The summed E-state index contributed by atoms with van der Waals surface area (Å²) in [4.78, 5) is 39.7. The smallest absolute Gasteiger partial charge is 0.410 e. The third kappa shape index (κ3) is 6.06. The highest BCUT2D eigenvalue weighted by Crippen LogP contribution is 2.25.